The van der Waals surface area contributed by atoms with Crippen molar-refractivity contribution in [2.24, 2.45) is 0 Å². The van der Waals surface area contributed by atoms with E-state index in [0.29, 0.717) is 32.5 Å². The van der Waals surface area contributed by atoms with E-state index in [1.807, 2.05) is 47.4 Å². The van der Waals surface area contributed by atoms with Crippen molar-refractivity contribution in [1.82, 2.24) is 10.2 Å². The number of piperazine rings is 1. The van der Waals surface area contributed by atoms with Gasteiger partial charge in [0, 0.05) is 44.8 Å². The molecule has 1 saturated heterocycles. The van der Waals surface area contributed by atoms with Crippen molar-refractivity contribution >= 4 is 17.5 Å². The molecule has 2 amide bonds. The lowest BCUT2D eigenvalue weighted by molar-refractivity contribution is -0.131. The van der Waals surface area contributed by atoms with Crippen LogP contribution in [0.3, 0.4) is 0 Å². The molecule has 1 aliphatic rings. The minimum atomic E-state index is -0.0770. The maximum atomic E-state index is 12.4. The number of carbonyl (C=O) groups is 2. The lowest BCUT2D eigenvalue weighted by Gasteiger charge is -2.36. The van der Waals surface area contributed by atoms with Crippen LogP contribution in [0, 0.1) is 0 Å². The number of benzene rings is 2. The highest BCUT2D eigenvalue weighted by Gasteiger charge is 2.20. The predicted molar refractivity (Wildman–Crippen MR) is 110 cm³/mol. The number of rotatable bonds is 7. The Morgan fingerprint density at radius 1 is 0.964 bits per heavy atom. The molecule has 0 aromatic heterocycles. The number of hydrogen-bond donors (Lipinski definition) is 1. The molecule has 1 fully saturated rings. The number of para-hydroxylation sites is 1. The van der Waals surface area contributed by atoms with Crippen LogP contribution in [0.2, 0.25) is 0 Å². The summed E-state index contributed by atoms with van der Waals surface area (Å²) in [6, 6.07) is 17.7. The first-order valence-electron chi connectivity index (χ1n) is 9.63. The zero-order valence-electron chi connectivity index (χ0n) is 16.3. The second-order valence-corrected chi connectivity index (χ2v) is 6.83. The van der Waals surface area contributed by atoms with Crippen molar-refractivity contribution in [2.45, 2.75) is 12.8 Å². The van der Waals surface area contributed by atoms with Crippen LogP contribution < -0.4 is 15.0 Å². The molecule has 1 N–H and O–H groups in total. The lowest BCUT2D eigenvalue weighted by atomic mass is 10.1. The lowest BCUT2D eigenvalue weighted by Crippen LogP contribution is -2.49. The predicted octanol–water partition coefficient (Wildman–Crippen LogP) is 2.09. The fraction of sp³-hybridized carbons (Fsp3) is 0.364. The maximum absolute atomic E-state index is 12.4. The number of carbonyl (C=O) groups excluding carboxylic acids is 2. The molecule has 0 radical (unpaired) electrons. The van der Waals surface area contributed by atoms with Crippen molar-refractivity contribution in [3.8, 4) is 5.75 Å². The second kappa shape index (κ2) is 9.78. The monoisotopic (exact) mass is 381 g/mol. The van der Waals surface area contributed by atoms with Crippen LogP contribution in [0.15, 0.2) is 54.6 Å². The number of anilines is 1. The molecule has 2 aromatic carbocycles. The summed E-state index contributed by atoms with van der Waals surface area (Å²) in [5, 5.41) is 2.84. The van der Waals surface area contributed by atoms with E-state index < -0.39 is 0 Å². The average Bonchev–Trinajstić information content (AvgIpc) is 2.75. The van der Waals surface area contributed by atoms with Gasteiger partial charge in [0.15, 0.2) is 0 Å². The van der Waals surface area contributed by atoms with E-state index in [9.17, 15) is 9.59 Å². The van der Waals surface area contributed by atoms with E-state index in [-0.39, 0.29) is 11.8 Å². The van der Waals surface area contributed by atoms with Gasteiger partial charge in [-0.2, -0.15) is 0 Å². The Kier molecular flexibility index (Phi) is 6.89. The van der Waals surface area contributed by atoms with E-state index in [4.69, 9.17) is 4.74 Å². The van der Waals surface area contributed by atoms with Crippen LogP contribution in [0.1, 0.15) is 12.0 Å². The fourth-order valence-corrected chi connectivity index (χ4v) is 3.31. The second-order valence-electron chi connectivity index (χ2n) is 6.83. The van der Waals surface area contributed by atoms with Gasteiger partial charge in [-0.15, -0.1) is 0 Å². The van der Waals surface area contributed by atoms with Gasteiger partial charge < -0.3 is 19.9 Å². The number of methoxy groups -OCH3 is 1. The highest BCUT2D eigenvalue weighted by molar-refractivity contribution is 5.80. The average molecular weight is 381 g/mol. The summed E-state index contributed by atoms with van der Waals surface area (Å²) in [5.74, 6) is 0.784. The van der Waals surface area contributed by atoms with Gasteiger partial charge >= 0.3 is 0 Å². The van der Waals surface area contributed by atoms with Gasteiger partial charge in [-0.25, -0.2) is 0 Å². The van der Waals surface area contributed by atoms with Crippen LogP contribution >= 0.6 is 0 Å². The minimum absolute atomic E-state index is 0.0770. The van der Waals surface area contributed by atoms with E-state index in [0.717, 1.165) is 24.4 Å². The first kappa shape index (κ1) is 19.7. The molecule has 0 bridgehead atoms. The largest absolute Gasteiger partial charge is 0.497 e. The van der Waals surface area contributed by atoms with Gasteiger partial charge in [0.1, 0.15) is 5.75 Å². The number of ether oxygens (including phenoxy) is 1. The van der Waals surface area contributed by atoms with Crippen molar-refractivity contribution in [1.29, 1.82) is 0 Å². The van der Waals surface area contributed by atoms with Crippen LogP contribution in [0.25, 0.3) is 0 Å². The van der Waals surface area contributed by atoms with Crippen molar-refractivity contribution in [3.05, 3.63) is 60.2 Å². The zero-order valence-corrected chi connectivity index (χ0v) is 16.3. The Hall–Kier alpha value is -3.02. The fourth-order valence-electron chi connectivity index (χ4n) is 3.31. The third-order valence-electron chi connectivity index (χ3n) is 4.94. The molecule has 1 aliphatic heterocycles. The Morgan fingerprint density at radius 2 is 1.64 bits per heavy atom. The van der Waals surface area contributed by atoms with Crippen LogP contribution in [-0.2, 0) is 16.0 Å². The summed E-state index contributed by atoms with van der Waals surface area (Å²) in [7, 11) is 1.61. The summed E-state index contributed by atoms with van der Waals surface area (Å²) < 4.78 is 5.11. The first-order chi connectivity index (χ1) is 13.7. The molecule has 0 atom stereocenters. The number of hydrogen-bond acceptors (Lipinski definition) is 4. The van der Waals surface area contributed by atoms with E-state index in [1.165, 1.54) is 5.69 Å². The Labute approximate surface area is 166 Å². The van der Waals surface area contributed by atoms with E-state index in [2.05, 4.69) is 22.3 Å². The molecule has 0 unspecified atom stereocenters. The van der Waals surface area contributed by atoms with Crippen LogP contribution in [0.4, 0.5) is 5.69 Å². The molecule has 6 heteroatoms. The highest BCUT2D eigenvalue weighted by atomic mass is 16.5. The number of amides is 2. The number of nitrogens with one attached hydrogen (secondary N) is 1. The summed E-state index contributed by atoms with van der Waals surface area (Å²) in [6.07, 6.45) is 0.633. The SMILES string of the molecule is COc1ccc(CC(=O)NCCC(=O)N2CCN(c3ccccc3)CC2)cc1. The smallest absolute Gasteiger partial charge is 0.224 e. The molecule has 2 aromatic rings. The highest BCUT2D eigenvalue weighted by Crippen LogP contribution is 2.16. The Morgan fingerprint density at radius 3 is 2.29 bits per heavy atom. The third-order valence-corrected chi connectivity index (χ3v) is 4.94. The molecule has 0 spiro atoms. The topological polar surface area (TPSA) is 61.9 Å². The summed E-state index contributed by atoms with van der Waals surface area (Å²) in [5.41, 5.74) is 2.11. The molecular weight excluding hydrogens is 354 g/mol. The Balaban J connectivity index is 1.35. The quantitative estimate of drug-likeness (QED) is 0.798. The third kappa shape index (κ3) is 5.49. The minimum Gasteiger partial charge on any atom is -0.497 e. The molecule has 28 heavy (non-hydrogen) atoms. The summed E-state index contributed by atoms with van der Waals surface area (Å²) in [6.45, 7) is 3.47. The molecule has 6 nitrogen and oxygen atoms in total. The molecule has 1 heterocycles. The molecule has 3 rings (SSSR count). The van der Waals surface area contributed by atoms with Gasteiger partial charge in [-0.3, -0.25) is 9.59 Å². The zero-order chi connectivity index (χ0) is 19.8. The van der Waals surface area contributed by atoms with E-state index >= 15 is 0 Å². The van der Waals surface area contributed by atoms with Gasteiger partial charge in [0.05, 0.1) is 13.5 Å². The van der Waals surface area contributed by atoms with Crippen molar-refractivity contribution < 1.29 is 14.3 Å². The standard InChI is InChI=1S/C22H27N3O3/c1-28-20-9-7-18(8-10-20)17-21(26)23-12-11-22(27)25-15-13-24(14-16-25)19-5-3-2-4-6-19/h2-10H,11-17H2,1H3,(H,23,26). The van der Waals surface area contributed by atoms with Gasteiger partial charge in [0.25, 0.3) is 0 Å². The molecular formula is C22H27N3O3. The number of nitrogens with zero attached hydrogens (tertiary/aromatic N) is 2. The molecule has 148 valence electrons. The summed E-state index contributed by atoms with van der Waals surface area (Å²) in [4.78, 5) is 28.6. The molecule has 0 aliphatic carbocycles. The van der Waals surface area contributed by atoms with Crippen molar-refractivity contribution in [2.75, 3.05) is 44.7 Å². The van der Waals surface area contributed by atoms with Gasteiger partial charge in [-0.1, -0.05) is 30.3 Å². The van der Waals surface area contributed by atoms with Crippen LogP contribution in [0.5, 0.6) is 5.75 Å². The van der Waals surface area contributed by atoms with Crippen molar-refractivity contribution in [3.63, 3.8) is 0 Å². The van der Waals surface area contributed by atoms with E-state index in [1.54, 1.807) is 7.11 Å². The summed E-state index contributed by atoms with van der Waals surface area (Å²) >= 11 is 0. The molecule has 0 saturated carbocycles. The van der Waals surface area contributed by atoms with Gasteiger partial charge in [0.2, 0.25) is 11.8 Å². The first-order valence-corrected chi connectivity index (χ1v) is 9.63. The maximum Gasteiger partial charge on any atom is 0.224 e. The normalized spacial score (nSPS) is 13.9. The van der Waals surface area contributed by atoms with Gasteiger partial charge in [-0.05, 0) is 29.8 Å². The van der Waals surface area contributed by atoms with Crippen LogP contribution in [-0.4, -0.2) is 56.5 Å². The Bertz CT molecular complexity index is 769.